The van der Waals surface area contributed by atoms with E-state index in [1.807, 2.05) is 25.1 Å². The third-order valence-electron chi connectivity index (χ3n) is 3.48. The maximum atomic E-state index is 6.10. The molecule has 0 bridgehead atoms. The molecule has 1 aromatic heterocycles. The summed E-state index contributed by atoms with van der Waals surface area (Å²) in [6.45, 7) is 2.96. The number of pyridine rings is 1. The quantitative estimate of drug-likeness (QED) is 0.811. The average Bonchev–Trinajstić information content (AvgIpc) is 2.76. The van der Waals surface area contributed by atoms with E-state index in [9.17, 15) is 0 Å². The molecule has 88 valence electrons. The van der Waals surface area contributed by atoms with E-state index in [1.54, 1.807) is 0 Å². The molecule has 1 saturated carbocycles. The van der Waals surface area contributed by atoms with Gasteiger partial charge < -0.3 is 5.32 Å². The van der Waals surface area contributed by atoms with E-state index in [0.29, 0.717) is 5.41 Å². The maximum absolute atomic E-state index is 6.10. The number of aryl methyl sites for hydroxylation is 1. The van der Waals surface area contributed by atoms with Gasteiger partial charge in [0.1, 0.15) is 5.82 Å². The fourth-order valence-corrected chi connectivity index (χ4v) is 2.76. The Kier molecular flexibility index (Phi) is 3.70. The third kappa shape index (κ3) is 2.67. The van der Waals surface area contributed by atoms with Crippen LogP contribution in [0.5, 0.6) is 0 Å². The van der Waals surface area contributed by atoms with E-state index in [-0.39, 0.29) is 0 Å². The minimum absolute atomic E-state index is 0.299. The highest BCUT2D eigenvalue weighted by molar-refractivity contribution is 6.18. The van der Waals surface area contributed by atoms with Gasteiger partial charge >= 0.3 is 0 Å². The van der Waals surface area contributed by atoms with Crippen LogP contribution in [0, 0.1) is 12.3 Å². The fraction of sp³-hybridized carbons (Fsp3) is 0.615. The van der Waals surface area contributed by atoms with Gasteiger partial charge in [0, 0.05) is 23.5 Å². The summed E-state index contributed by atoms with van der Waals surface area (Å²) >= 11 is 6.10. The molecule has 2 nitrogen and oxygen atoms in total. The molecule has 16 heavy (non-hydrogen) atoms. The van der Waals surface area contributed by atoms with E-state index >= 15 is 0 Å². The number of nitrogens with one attached hydrogen (secondary N) is 1. The van der Waals surface area contributed by atoms with Crippen molar-refractivity contribution in [2.24, 2.45) is 5.41 Å². The molecular formula is C13H19ClN2. The number of aromatic nitrogens is 1. The zero-order chi connectivity index (χ0) is 11.4. The molecule has 1 aromatic rings. The number of halogens is 1. The standard InChI is InChI=1S/C13H19ClN2/c1-11-5-4-6-12(16-11)15-10-13(9-14)7-2-3-8-13/h4-6H,2-3,7-10H2,1H3,(H,15,16). The van der Waals surface area contributed by atoms with Crippen LogP contribution in [0.1, 0.15) is 31.4 Å². The Bertz CT molecular complexity index is 346. The van der Waals surface area contributed by atoms with Gasteiger partial charge in [-0.1, -0.05) is 18.9 Å². The van der Waals surface area contributed by atoms with Gasteiger partial charge in [-0.3, -0.25) is 0 Å². The lowest BCUT2D eigenvalue weighted by molar-refractivity contribution is 0.368. The van der Waals surface area contributed by atoms with Crippen molar-refractivity contribution in [1.82, 2.24) is 4.98 Å². The fourth-order valence-electron chi connectivity index (χ4n) is 2.40. The number of hydrogen-bond acceptors (Lipinski definition) is 2. The summed E-state index contributed by atoms with van der Waals surface area (Å²) in [4.78, 5) is 4.45. The topological polar surface area (TPSA) is 24.9 Å². The Balaban J connectivity index is 1.95. The lowest BCUT2D eigenvalue weighted by Gasteiger charge is -2.26. The molecule has 2 rings (SSSR count). The molecule has 1 N–H and O–H groups in total. The second-order valence-electron chi connectivity index (χ2n) is 4.86. The molecule has 0 saturated heterocycles. The zero-order valence-corrected chi connectivity index (χ0v) is 10.6. The maximum Gasteiger partial charge on any atom is 0.126 e. The van der Waals surface area contributed by atoms with Gasteiger partial charge in [-0.2, -0.15) is 0 Å². The lowest BCUT2D eigenvalue weighted by atomic mass is 9.88. The Labute approximate surface area is 102 Å². The average molecular weight is 239 g/mol. The minimum Gasteiger partial charge on any atom is -0.369 e. The van der Waals surface area contributed by atoms with Crippen molar-refractivity contribution in [3.63, 3.8) is 0 Å². The monoisotopic (exact) mass is 238 g/mol. The van der Waals surface area contributed by atoms with Crippen LogP contribution in [-0.2, 0) is 0 Å². The van der Waals surface area contributed by atoms with Crippen LogP contribution in [0.15, 0.2) is 18.2 Å². The normalized spacial score (nSPS) is 18.6. The summed E-state index contributed by atoms with van der Waals surface area (Å²) in [6.07, 6.45) is 5.12. The van der Waals surface area contributed by atoms with Gasteiger partial charge in [-0.05, 0) is 31.9 Å². The van der Waals surface area contributed by atoms with E-state index in [0.717, 1.165) is 23.9 Å². The van der Waals surface area contributed by atoms with Crippen LogP contribution in [-0.4, -0.2) is 17.4 Å². The minimum atomic E-state index is 0.299. The lowest BCUT2D eigenvalue weighted by Crippen LogP contribution is -2.28. The molecule has 0 aliphatic heterocycles. The number of nitrogens with zero attached hydrogens (tertiary/aromatic N) is 1. The number of rotatable bonds is 4. The number of alkyl halides is 1. The molecule has 0 atom stereocenters. The van der Waals surface area contributed by atoms with E-state index in [4.69, 9.17) is 11.6 Å². The van der Waals surface area contributed by atoms with E-state index < -0.39 is 0 Å². The van der Waals surface area contributed by atoms with E-state index in [1.165, 1.54) is 25.7 Å². The summed E-state index contributed by atoms with van der Waals surface area (Å²) in [5.41, 5.74) is 1.35. The first-order valence-electron chi connectivity index (χ1n) is 5.98. The smallest absolute Gasteiger partial charge is 0.126 e. The van der Waals surface area contributed by atoms with Crippen LogP contribution >= 0.6 is 11.6 Å². The van der Waals surface area contributed by atoms with Crippen molar-refractivity contribution in [3.05, 3.63) is 23.9 Å². The highest BCUT2D eigenvalue weighted by Crippen LogP contribution is 2.39. The van der Waals surface area contributed by atoms with Crippen LogP contribution in [0.2, 0.25) is 0 Å². The Hall–Kier alpha value is -0.760. The molecule has 0 spiro atoms. The Morgan fingerprint density at radius 3 is 2.75 bits per heavy atom. The van der Waals surface area contributed by atoms with Crippen LogP contribution in [0.3, 0.4) is 0 Å². The molecule has 0 unspecified atom stereocenters. The molecule has 0 radical (unpaired) electrons. The molecule has 1 aliphatic rings. The first kappa shape index (κ1) is 11.7. The van der Waals surface area contributed by atoms with Crippen LogP contribution in [0.4, 0.5) is 5.82 Å². The number of anilines is 1. The summed E-state index contributed by atoms with van der Waals surface area (Å²) in [5, 5.41) is 3.42. The summed E-state index contributed by atoms with van der Waals surface area (Å²) < 4.78 is 0. The van der Waals surface area contributed by atoms with Gasteiger partial charge in [0.25, 0.3) is 0 Å². The molecule has 0 aromatic carbocycles. The van der Waals surface area contributed by atoms with Crippen molar-refractivity contribution < 1.29 is 0 Å². The number of hydrogen-bond donors (Lipinski definition) is 1. The molecular weight excluding hydrogens is 220 g/mol. The molecule has 1 heterocycles. The third-order valence-corrected chi connectivity index (χ3v) is 4.05. The molecule has 3 heteroatoms. The first-order valence-corrected chi connectivity index (χ1v) is 6.51. The van der Waals surface area contributed by atoms with Gasteiger partial charge in [-0.25, -0.2) is 4.98 Å². The van der Waals surface area contributed by atoms with Gasteiger partial charge in [0.2, 0.25) is 0 Å². The largest absolute Gasteiger partial charge is 0.369 e. The van der Waals surface area contributed by atoms with Crippen molar-refractivity contribution in [3.8, 4) is 0 Å². The Morgan fingerprint density at radius 1 is 1.38 bits per heavy atom. The highest BCUT2D eigenvalue weighted by atomic mass is 35.5. The SMILES string of the molecule is Cc1cccc(NCC2(CCl)CCCC2)n1. The Morgan fingerprint density at radius 2 is 2.12 bits per heavy atom. The molecule has 1 fully saturated rings. The van der Waals surface area contributed by atoms with Crippen LogP contribution in [0.25, 0.3) is 0 Å². The zero-order valence-electron chi connectivity index (χ0n) is 9.80. The van der Waals surface area contributed by atoms with Crippen molar-refractivity contribution in [2.45, 2.75) is 32.6 Å². The summed E-state index contributed by atoms with van der Waals surface area (Å²) in [6, 6.07) is 6.06. The predicted octanol–water partition coefficient (Wildman–Crippen LogP) is 3.60. The molecule has 1 aliphatic carbocycles. The summed E-state index contributed by atoms with van der Waals surface area (Å²) in [5.74, 6) is 1.72. The van der Waals surface area contributed by atoms with Gasteiger partial charge in [0.15, 0.2) is 0 Å². The van der Waals surface area contributed by atoms with Crippen molar-refractivity contribution in [2.75, 3.05) is 17.7 Å². The van der Waals surface area contributed by atoms with Crippen molar-refractivity contribution >= 4 is 17.4 Å². The van der Waals surface area contributed by atoms with Crippen LogP contribution < -0.4 is 5.32 Å². The summed E-state index contributed by atoms with van der Waals surface area (Å²) in [7, 11) is 0. The molecule has 0 amide bonds. The predicted molar refractivity (Wildman–Crippen MR) is 69.1 cm³/mol. The highest BCUT2D eigenvalue weighted by Gasteiger charge is 2.32. The first-order chi connectivity index (χ1) is 7.74. The second kappa shape index (κ2) is 5.05. The van der Waals surface area contributed by atoms with Gasteiger partial charge in [0.05, 0.1) is 0 Å². The second-order valence-corrected chi connectivity index (χ2v) is 5.13. The van der Waals surface area contributed by atoms with Gasteiger partial charge in [-0.15, -0.1) is 11.6 Å². The van der Waals surface area contributed by atoms with E-state index in [2.05, 4.69) is 10.3 Å². The van der Waals surface area contributed by atoms with Crippen molar-refractivity contribution in [1.29, 1.82) is 0 Å².